The lowest BCUT2D eigenvalue weighted by Crippen LogP contribution is -2.49. The number of piperidine rings is 1. The van der Waals surface area contributed by atoms with Crippen LogP contribution in [0.15, 0.2) is 24.5 Å². The predicted molar refractivity (Wildman–Crippen MR) is 100 cm³/mol. The second-order valence-electron chi connectivity index (χ2n) is 6.90. The molecule has 2 saturated heterocycles. The Morgan fingerprint density at radius 2 is 2.00 bits per heavy atom. The van der Waals surface area contributed by atoms with Gasteiger partial charge in [-0.05, 0) is 32.0 Å². The molecule has 0 atom stereocenters. The van der Waals surface area contributed by atoms with E-state index in [1.165, 1.54) is 0 Å². The summed E-state index contributed by atoms with van der Waals surface area (Å²) in [6.45, 7) is 4.70. The third kappa shape index (κ3) is 3.87. The van der Waals surface area contributed by atoms with E-state index in [2.05, 4.69) is 25.5 Å². The molecule has 9 heteroatoms. The van der Waals surface area contributed by atoms with E-state index in [0.29, 0.717) is 24.8 Å². The maximum Gasteiger partial charge on any atom is 0.276 e. The Balaban J connectivity index is 1.36. The number of aromatic nitrogens is 4. The molecule has 0 aliphatic carbocycles. The Morgan fingerprint density at radius 1 is 1.22 bits per heavy atom. The second kappa shape index (κ2) is 7.91. The van der Waals surface area contributed by atoms with Crippen LogP contribution in [0.2, 0.25) is 0 Å². The first-order valence-corrected chi connectivity index (χ1v) is 9.41. The van der Waals surface area contributed by atoms with Crippen molar-refractivity contribution in [1.29, 1.82) is 0 Å². The maximum atomic E-state index is 12.8. The van der Waals surface area contributed by atoms with Gasteiger partial charge in [-0.3, -0.25) is 4.79 Å². The van der Waals surface area contributed by atoms with Crippen LogP contribution in [0.3, 0.4) is 0 Å². The van der Waals surface area contributed by atoms with Crippen molar-refractivity contribution in [2.75, 3.05) is 51.3 Å². The SMILES string of the molecule is COc1ccnc(N2CCN(C(=O)c3cn(C4CCNCC4)nn3)CC2)c1. The van der Waals surface area contributed by atoms with Crippen molar-refractivity contribution in [3.8, 4) is 5.75 Å². The van der Waals surface area contributed by atoms with Crippen LogP contribution in [-0.4, -0.2) is 77.2 Å². The number of hydrogen-bond acceptors (Lipinski definition) is 7. The number of hydrogen-bond donors (Lipinski definition) is 1. The van der Waals surface area contributed by atoms with Crippen LogP contribution in [0, 0.1) is 0 Å². The van der Waals surface area contributed by atoms with Gasteiger partial charge in [0.2, 0.25) is 0 Å². The summed E-state index contributed by atoms with van der Waals surface area (Å²) in [5, 5.41) is 11.7. The van der Waals surface area contributed by atoms with Crippen molar-refractivity contribution in [2.24, 2.45) is 0 Å². The average molecular weight is 371 g/mol. The van der Waals surface area contributed by atoms with Gasteiger partial charge in [0.05, 0.1) is 19.3 Å². The molecule has 0 spiro atoms. The lowest BCUT2D eigenvalue weighted by atomic mass is 10.1. The number of carbonyl (C=O) groups is 1. The van der Waals surface area contributed by atoms with Crippen LogP contribution in [0.25, 0.3) is 0 Å². The highest BCUT2D eigenvalue weighted by Crippen LogP contribution is 2.20. The Morgan fingerprint density at radius 3 is 2.74 bits per heavy atom. The summed E-state index contributed by atoms with van der Waals surface area (Å²) < 4.78 is 7.11. The molecule has 1 N–H and O–H groups in total. The number of rotatable bonds is 4. The van der Waals surface area contributed by atoms with E-state index in [4.69, 9.17) is 4.74 Å². The lowest BCUT2D eigenvalue weighted by molar-refractivity contribution is 0.0740. The normalized spacial score (nSPS) is 18.6. The average Bonchev–Trinajstić information content (AvgIpc) is 3.24. The number of carbonyl (C=O) groups excluding carboxylic acids is 1. The molecule has 4 heterocycles. The zero-order valence-electron chi connectivity index (χ0n) is 15.5. The zero-order chi connectivity index (χ0) is 18.6. The highest BCUT2D eigenvalue weighted by Gasteiger charge is 2.26. The van der Waals surface area contributed by atoms with E-state index in [1.54, 1.807) is 19.5 Å². The van der Waals surface area contributed by atoms with Crippen LogP contribution in [0.5, 0.6) is 5.75 Å². The molecule has 0 bridgehead atoms. The summed E-state index contributed by atoms with van der Waals surface area (Å²) >= 11 is 0. The van der Waals surface area contributed by atoms with Crippen LogP contribution in [-0.2, 0) is 0 Å². The van der Waals surface area contributed by atoms with Gasteiger partial charge < -0.3 is 19.9 Å². The first kappa shape index (κ1) is 17.7. The first-order valence-electron chi connectivity index (χ1n) is 9.41. The van der Waals surface area contributed by atoms with Crippen molar-refractivity contribution in [3.63, 3.8) is 0 Å². The van der Waals surface area contributed by atoms with Crippen LogP contribution in [0.1, 0.15) is 29.4 Å². The fraction of sp³-hybridized carbons (Fsp3) is 0.556. The monoisotopic (exact) mass is 371 g/mol. The lowest BCUT2D eigenvalue weighted by Gasteiger charge is -2.35. The summed E-state index contributed by atoms with van der Waals surface area (Å²) in [6, 6.07) is 4.08. The minimum Gasteiger partial charge on any atom is -0.497 e. The molecule has 0 saturated carbocycles. The molecule has 144 valence electrons. The Bertz CT molecular complexity index is 780. The number of ether oxygens (including phenoxy) is 1. The molecule has 27 heavy (non-hydrogen) atoms. The number of amides is 1. The highest BCUT2D eigenvalue weighted by molar-refractivity contribution is 5.92. The van der Waals surface area contributed by atoms with E-state index in [1.807, 2.05) is 21.7 Å². The molecule has 0 aromatic carbocycles. The highest BCUT2D eigenvalue weighted by atomic mass is 16.5. The Kier molecular flexibility index (Phi) is 5.19. The maximum absolute atomic E-state index is 12.8. The largest absolute Gasteiger partial charge is 0.497 e. The quantitative estimate of drug-likeness (QED) is 0.840. The number of methoxy groups -OCH3 is 1. The fourth-order valence-electron chi connectivity index (χ4n) is 3.62. The number of nitrogens with one attached hydrogen (secondary N) is 1. The van der Waals surface area contributed by atoms with E-state index in [-0.39, 0.29) is 5.91 Å². The van der Waals surface area contributed by atoms with Crippen LogP contribution < -0.4 is 15.0 Å². The molecule has 2 aromatic heterocycles. The van der Waals surface area contributed by atoms with Gasteiger partial charge in [0, 0.05) is 38.4 Å². The van der Waals surface area contributed by atoms with Gasteiger partial charge in [-0.1, -0.05) is 5.21 Å². The van der Waals surface area contributed by atoms with Gasteiger partial charge >= 0.3 is 0 Å². The molecule has 2 aromatic rings. The smallest absolute Gasteiger partial charge is 0.276 e. The number of anilines is 1. The van der Waals surface area contributed by atoms with Gasteiger partial charge in [-0.15, -0.1) is 5.10 Å². The molecular weight excluding hydrogens is 346 g/mol. The summed E-state index contributed by atoms with van der Waals surface area (Å²) in [5.74, 6) is 1.61. The molecule has 2 aliphatic heterocycles. The van der Waals surface area contributed by atoms with Crippen LogP contribution >= 0.6 is 0 Å². The fourth-order valence-corrected chi connectivity index (χ4v) is 3.62. The molecule has 2 fully saturated rings. The van der Waals surface area contributed by atoms with Gasteiger partial charge in [-0.25, -0.2) is 9.67 Å². The van der Waals surface area contributed by atoms with Crippen molar-refractivity contribution in [1.82, 2.24) is 30.2 Å². The zero-order valence-corrected chi connectivity index (χ0v) is 15.5. The molecule has 0 unspecified atom stereocenters. The minimum absolute atomic E-state index is 0.0477. The van der Waals surface area contributed by atoms with E-state index in [9.17, 15) is 4.79 Å². The first-order chi connectivity index (χ1) is 13.2. The molecular formula is C18H25N7O2. The van der Waals surface area contributed by atoms with Crippen molar-refractivity contribution < 1.29 is 9.53 Å². The molecule has 9 nitrogen and oxygen atoms in total. The summed E-state index contributed by atoms with van der Waals surface area (Å²) in [4.78, 5) is 21.2. The molecule has 2 aliphatic rings. The summed E-state index contributed by atoms with van der Waals surface area (Å²) in [6.07, 6.45) is 5.57. The van der Waals surface area contributed by atoms with Gasteiger partial charge in [-0.2, -0.15) is 0 Å². The molecule has 4 rings (SSSR count). The van der Waals surface area contributed by atoms with E-state index in [0.717, 1.165) is 50.6 Å². The number of piperazine rings is 1. The second-order valence-corrected chi connectivity index (χ2v) is 6.90. The van der Waals surface area contributed by atoms with Gasteiger partial charge in [0.15, 0.2) is 5.69 Å². The van der Waals surface area contributed by atoms with Gasteiger partial charge in [0.1, 0.15) is 11.6 Å². The number of nitrogens with zero attached hydrogens (tertiary/aromatic N) is 6. The number of pyridine rings is 1. The minimum atomic E-state index is -0.0477. The topological polar surface area (TPSA) is 88.4 Å². The van der Waals surface area contributed by atoms with Crippen molar-refractivity contribution in [3.05, 3.63) is 30.2 Å². The predicted octanol–water partition coefficient (Wildman–Crippen LogP) is 0.569. The standard InChI is InChI=1S/C18H25N7O2/c1-27-15-4-7-20-17(12-15)23-8-10-24(11-9-23)18(26)16-13-25(22-21-16)14-2-5-19-6-3-14/h4,7,12-14,19H,2-3,5-6,8-11H2,1H3. The van der Waals surface area contributed by atoms with Crippen LogP contribution in [0.4, 0.5) is 5.82 Å². The van der Waals surface area contributed by atoms with E-state index < -0.39 is 0 Å². The Labute approximate surface area is 158 Å². The third-order valence-corrected chi connectivity index (χ3v) is 5.26. The molecule has 1 amide bonds. The van der Waals surface area contributed by atoms with E-state index >= 15 is 0 Å². The molecule has 0 radical (unpaired) electrons. The van der Waals surface area contributed by atoms with Crippen molar-refractivity contribution >= 4 is 11.7 Å². The summed E-state index contributed by atoms with van der Waals surface area (Å²) in [5.41, 5.74) is 0.432. The van der Waals surface area contributed by atoms with Crippen molar-refractivity contribution in [2.45, 2.75) is 18.9 Å². The summed E-state index contributed by atoms with van der Waals surface area (Å²) in [7, 11) is 1.65. The van der Waals surface area contributed by atoms with Gasteiger partial charge in [0.25, 0.3) is 5.91 Å². The third-order valence-electron chi connectivity index (χ3n) is 5.26. The Hall–Kier alpha value is -2.68.